The van der Waals surface area contributed by atoms with E-state index in [2.05, 4.69) is 6.58 Å². The molecule has 2 rings (SSSR count). The van der Waals surface area contributed by atoms with Crippen LogP contribution in [0.15, 0.2) is 42.5 Å². The van der Waals surface area contributed by atoms with Crippen LogP contribution in [0.3, 0.4) is 0 Å². The minimum absolute atomic E-state index is 0.258. The number of rotatable bonds is 3. The number of carbonyl (C=O) groups is 1. The van der Waals surface area contributed by atoms with Crippen LogP contribution in [0.5, 0.6) is 0 Å². The number of hydrogen-bond donors (Lipinski definition) is 0. The van der Waals surface area contributed by atoms with Crippen LogP contribution in [0.25, 0.3) is 0 Å². The lowest BCUT2D eigenvalue weighted by Crippen LogP contribution is -2.46. The van der Waals surface area contributed by atoms with Crippen LogP contribution in [-0.2, 0) is 10.3 Å². The number of carbonyl (C=O) groups excluding carboxylic acids is 1. The summed E-state index contributed by atoms with van der Waals surface area (Å²) < 4.78 is 5.71. The van der Waals surface area contributed by atoms with Crippen LogP contribution < -0.4 is 0 Å². The van der Waals surface area contributed by atoms with Gasteiger partial charge in [-0.05, 0) is 12.5 Å². The minimum Gasteiger partial charge on any atom is -0.437 e. The molecular weight excluding hydrogens is 226 g/mol. The first-order valence-corrected chi connectivity index (χ1v) is 6.17. The Hall–Kier alpha value is -1.77. The minimum atomic E-state index is -0.545. The SMILES string of the molecule is C=C(C)CC1(c2ccccc2)CCN(C)C(=O)O1. The van der Waals surface area contributed by atoms with Gasteiger partial charge in [0.05, 0.1) is 0 Å². The number of amides is 1. The van der Waals surface area contributed by atoms with Crippen molar-refractivity contribution >= 4 is 6.09 Å². The summed E-state index contributed by atoms with van der Waals surface area (Å²) in [6.45, 7) is 6.64. The first-order valence-electron chi connectivity index (χ1n) is 6.17. The second kappa shape index (κ2) is 4.84. The Balaban J connectivity index is 2.36. The van der Waals surface area contributed by atoms with Crippen molar-refractivity contribution < 1.29 is 9.53 Å². The third kappa shape index (κ3) is 2.40. The first-order chi connectivity index (χ1) is 8.53. The van der Waals surface area contributed by atoms with Gasteiger partial charge in [0, 0.05) is 26.4 Å². The van der Waals surface area contributed by atoms with Gasteiger partial charge < -0.3 is 9.64 Å². The van der Waals surface area contributed by atoms with Gasteiger partial charge in [0.15, 0.2) is 0 Å². The summed E-state index contributed by atoms with van der Waals surface area (Å²) in [5, 5.41) is 0. The van der Waals surface area contributed by atoms with Gasteiger partial charge in [-0.25, -0.2) is 4.79 Å². The highest BCUT2D eigenvalue weighted by Crippen LogP contribution is 2.38. The molecular formula is C15H19NO2. The maximum atomic E-state index is 11.8. The second-order valence-electron chi connectivity index (χ2n) is 5.03. The zero-order valence-corrected chi connectivity index (χ0v) is 11.0. The van der Waals surface area contributed by atoms with E-state index in [0.29, 0.717) is 13.0 Å². The van der Waals surface area contributed by atoms with Gasteiger partial charge in [-0.1, -0.05) is 42.5 Å². The van der Waals surface area contributed by atoms with Crippen molar-refractivity contribution in [2.45, 2.75) is 25.4 Å². The van der Waals surface area contributed by atoms with Crippen molar-refractivity contribution in [1.82, 2.24) is 4.90 Å². The zero-order chi connectivity index (χ0) is 13.2. The predicted molar refractivity (Wildman–Crippen MR) is 71.3 cm³/mol. The number of hydrogen-bond acceptors (Lipinski definition) is 2. The highest BCUT2D eigenvalue weighted by Gasteiger charge is 2.40. The number of ether oxygens (including phenoxy) is 1. The fraction of sp³-hybridized carbons (Fsp3) is 0.400. The van der Waals surface area contributed by atoms with E-state index in [-0.39, 0.29) is 6.09 Å². The third-order valence-electron chi connectivity index (χ3n) is 3.33. The molecule has 1 aromatic rings. The lowest BCUT2D eigenvalue weighted by molar-refractivity contribution is -0.0472. The van der Waals surface area contributed by atoms with E-state index < -0.39 is 5.60 Å². The molecule has 1 heterocycles. The van der Waals surface area contributed by atoms with E-state index in [1.54, 1.807) is 11.9 Å². The summed E-state index contributed by atoms with van der Waals surface area (Å²) in [6.07, 6.45) is 1.22. The Morgan fingerprint density at radius 2 is 2.11 bits per heavy atom. The van der Waals surface area contributed by atoms with Crippen LogP contribution in [0, 0.1) is 0 Å². The van der Waals surface area contributed by atoms with E-state index in [1.165, 1.54) is 0 Å². The van der Waals surface area contributed by atoms with Crippen molar-refractivity contribution in [3.05, 3.63) is 48.0 Å². The molecule has 0 aliphatic carbocycles. The van der Waals surface area contributed by atoms with Gasteiger partial charge in [0.25, 0.3) is 0 Å². The molecule has 1 atom stereocenters. The van der Waals surface area contributed by atoms with Crippen molar-refractivity contribution in [1.29, 1.82) is 0 Å². The Bertz CT molecular complexity index is 455. The quantitative estimate of drug-likeness (QED) is 0.764. The smallest absolute Gasteiger partial charge is 0.410 e. The summed E-state index contributed by atoms with van der Waals surface area (Å²) in [6, 6.07) is 9.95. The van der Waals surface area contributed by atoms with Gasteiger partial charge in [0.1, 0.15) is 5.60 Å². The Morgan fingerprint density at radius 1 is 1.44 bits per heavy atom. The van der Waals surface area contributed by atoms with E-state index in [4.69, 9.17) is 4.74 Å². The molecule has 1 unspecified atom stereocenters. The molecule has 1 aliphatic heterocycles. The average molecular weight is 245 g/mol. The number of nitrogens with zero attached hydrogens (tertiary/aromatic N) is 1. The first kappa shape index (κ1) is 12.7. The molecule has 0 aromatic heterocycles. The molecule has 3 heteroatoms. The van der Waals surface area contributed by atoms with Crippen LogP contribution in [-0.4, -0.2) is 24.6 Å². The zero-order valence-electron chi connectivity index (χ0n) is 11.0. The molecule has 1 amide bonds. The molecule has 3 nitrogen and oxygen atoms in total. The standard InChI is InChI=1S/C15H19NO2/c1-12(2)11-15(13-7-5-4-6-8-13)9-10-16(3)14(17)18-15/h4-8H,1,9-11H2,2-3H3. The van der Waals surface area contributed by atoms with E-state index in [0.717, 1.165) is 17.6 Å². The monoisotopic (exact) mass is 245 g/mol. The number of cyclic esters (lactones) is 1. The normalized spacial score (nSPS) is 23.7. The molecule has 96 valence electrons. The average Bonchev–Trinajstić information content (AvgIpc) is 2.34. The molecule has 1 aromatic carbocycles. The molecule has 0 N–H and O–H groups in total. The predicted octanol–water partition coefficient (Wildman–Crippen LogP) is 3.32. The second-order valence-corrected chi connectivity index (χ2v) is 5.03. The van der Waals surface area contributed by atoms with E-state index in [9.17, 15) is 4.79 Å². The van der Waals surface area contributed by atoms with Crippen molar-refractivity contribution in [2.24, 2.45) is 0 Å². The van der Waals surface area contributed by atoms with Crippen molar-refractivity contribution in [3.63, 3.8) is 0 Å². The van der Waals surface area contributed by atoms with Crippen molar-refractivity contribution in [3.8, 4) is 0 Å². The Morgan fingerprint density at radius 3 is 2.67 bits per heavy atom. The van der Waals surface area contributed by atoms with Gasteiger partial charge in [-0.2, -0.15) is 0 Å². The van der Waals surface area contributed by atoms with Crippen LogP contribution in [0.2, 0.25) is 0 Å². The summed E-state index contributed by atoms with van der Waals surface area (Å²) in [5.74, 6) is 0. The van der Waals surface area contributed by atoms with Gasteiger partial charge in [0.2, 0.25) is 0 Å². The maximum absolute atomic E-state index is 11.8. The van der Waals surface area contributed by atoms with Gasteiger partial charge >= 0.3 is 6.09 Å². The number of benzene rings is 1. The summed E-state index contributed by atoms with van der Waals surface area (Å²) in [4.78, 5) is 13.4. The summed E-state index contributed by atoms with van der Waals surface area (Å²) >= 11 is 0. The lowest BCUT2D eigenvalue weighted by Gasteiger charge is -2.40. The molecule has 18 heavy (non-hydrogen) atoms. The van der Waals surface area contributed by atoms with Crippen molar-refractivity contribution in [2.75, 3.05) is 13.6 Å². The van der Waals surface area contributed by atoms with Crippen LogP contribution in [0.4, 0.5) is 4.79 Å². The Labute approximate surface area is 108 Å². The molecule has 0 spiro atoms. The summed E-state index contributed by atoms with van der Waals surface area (Å²) in [5.41, 5.74) is 1.53. The molecule has 1 fully saturated rings. The topological polar surface area (TPSA) is 29.5 Å². The summed E-state index contributed by atoms with van der Waals surface area (Å²) in [7, 11) is 1.76. The van der Waals surface area contributed by atoms with Crippen LogP contribution >= 0.6 is 0 Å². The molecule has 0 radical (unpaired) electrons. The van der Waals surface area contributed by atoms with E-state index in [1.807, 2.05) is 37.3 Å². The van der Waals surface area contributed by atoms with Crippen LogP contribution in [0.1, 0.15) is 25.3 Å². The third-order valence-corrected chi connectivity index (χ3v) is 3.33. The fourth-order valence-corrected chi connectivity index (χ4v) is 2.39. The largest absolute Gasteiger partial charge is 0.437 e. The fourth-order valence-electron chi connectivity index (χ4n) is 2.39. The molecule has 1 aliphatic rings. The van der Waals surface area contributed by atoms with E-state index >= 15 is 0 Å². The lowest BCUT2D eigenvalue weighted by atomic mass is 9.84. The molecule has 0 saturated carbocycles. The molecule has 1 saturated heterocycles. The van der Waals surface area contributed by atoms with Gasteiger partial charge in [-0.3, -0.25) is 0 Å². The highest BCUT2D eigenvalue weighted by atomic mass is 16.6. The van der Waals surface area contributed by atoms with Gasteiger partial charge in [-0.15, -0.1) is 0 Å². The highest BCUT2D eigenvalue weighted by molar-refractivity contribution is 5.69. The molecule has 0 bridgehead atoms. The Kier molecular flexibility index (Phi) is 3.41. The maximum Gasteiger partial charge on any atom is 0.410 e.